The van der Waals surface area contributed by atoms with E-state index in [0.29, 0.717) is 5.25 Å². The van der Waals surface area contributed by atoms with Gasteiger partial charge in [0, 0.05) is 17.3 Å². The Hall–Kier alpha value is -1.10. The molecule has 0 radical (unpaired) electrons. The number of aromatic nitrogens is 1. The topological polar surface area (TPSA) is 50.9 Å². The van der Waals surface area contributed by atoms with E-state index in [1.54, 1.807) is 0 Å². The molecule has 0 saturated carbocycles. The van der Waals surface area contributed by atoms with E-state index in [1.165, 1.54) is 5.56 Å². The van der Waals surface area contributed by atoms with Crippen molar-refractivity contribution in [2.75, 3.05) is 5.75 Å². The number of fused-ring (bicyclic) bond motifs is 1. The Labute approximate surface area is 112 Å². The smallest absolute Gasteiger partial charge is 0.0702 e. The van der Waals surface area contributed by atoms with Crippen molar-refractivity contribution in [2.45, 2.75) is 25.1 Å². The number of hydrazine groups is 1. The molecule has 96 valence electrons. The van der Waals surface area contributed by atoms with Crippen molar-refractivity contribution in [3.8, 4) is 0 Å². The first-order chi connectivity index (χ1) is 8.70. The van der Waals surface area contributed by atoms with E-state index in [0.717, 1.165) is 16.7 Å². The Morgan fingerprint density at radius 2 is 2.17 bits per heavy atom. The van der Waals surface area contributed by atoms with Crippen molar-refractivity contribution in [2.24, 2.45) is 5.84 Å². The van der Waals surface area contributed by atoms with Gasteiger partial charge in [0.25, 0.3) is 0 Å². The van der Waals surface area contributed by atoms with Gasteiger partial charge in [0.1, 0.15) is 0 Å². The zero-order valence-electron chi connectivity index (χ0n) is 10.8. The highest BCUT2D eigenvalue weighted by molar-refractivity contribution is 7.99. The van der Waals surface area contributed by atoms with Crippen molar-refractivity contribution in [3.63, 3.8) is 0 Å². The highest BCUT2D eigenvalue weighted by atomic mass is 32.2. The molecule has 4 heteroatoms. The van der Waals surface area contributed by atoms with Gasteiger partial charge in [-0.1, -0.05) is 26.0 Å². The average Bonchev–Trinajstić information content (AvgIpc) is 2.39. The third-order valence-electron chi connectivity index (χ3n) is 2.83. The molecule has 0 spiro atoms. The standard InChI is InChI=1S/C14H19N3S/c1-10(2)18-9-14(17-15)12-5-6-13-11(8-12)4-3-7-16-13/h3-8,10,14,17H,9,15H2,1-2H3. The molecule has 18 heavy (non-hydrogen) atoms. The summed E-state index contributed by atoms with van der Waals surface area (Å²) in [6.45, 7) is 4.39. The molecule has 0 aliphatic carbocycles. The molecule has 1 heterocycles. The lowest BCUT2D eigenvalue weighted by Gasteiger charge is -2.17. The van der Waals surface area contributed by atoms with Gasteiger partial charge in [0.15, 0.2) is 0 Å². The van der Waals surface area contributed by atoms with Crippen LogP contribution in [-0.4, -0.2) is 16.0 Å². The molecule has 1 unspecified atom stereocenters. The molecule has 0 saturated heterocycles. The van der Waals surface area contributed by atoms with Crippen LogP contribution >= 0.6 is 11.8 Å². The molecule has 0 bridgehead atoms. The van der Waals surface area contributed by atoms with Gasteiger partial charge in [0.05, 0.1) is 11.6 Å². The molecule has 2 aromatic rings. The molecule has 1 aromatic carbocycles. The predicted octanol–water partition coefficient (Wildman–Crippen LogP) is 2.88. The Bertz CT molecular complexity index is 513. The molecule has 0 amide bonds. The fraction of sp³-hybridized carbons (Fsp3) is 0.357. The summed E-state index contributed by atoms with van der Waals surface area (Å²) in [4.78, 5) is 4.32. The summed E-state index contributed by atoms with van der Waals surface area (Å²) in [7, 11) is 0. The minimum absolute atomic E-state index is 0.182. The summed E-state index contributed by atoms with van der Waals surface area (Å²) in [5.41, 5.74) is 5.13. The number of pyridine rings is 1. The molecule has 0 aliphatic heterocycles. The minimum atomic E-state index is 0.182. The lowest BCUT2D eigenvalue weighted by Crippen LogP contribution is -2.30. The number of hydrogen-bond donors (Lipinski definition) is 2. The quantitative estimate of drug-likeness (QED) is 0.642. The van der Waals surface area contributed by atoms with E-state index >= 15 is 0 Å². The first kappa shape index (κ1) is 13.3. The molecular weight excluding hydrogens is 242 g/mol. The fourth-order valence-corrected chi connectivity index (χ4v) is 2.71. The number of nitrogens with one attached hydrogen (secondary N) is 1. The van der Waals surface area contributed by atoms with Crippen LogP contribution in [0.15, 0.2) is 36.5 Å². The Morgan fingerprint density at radius 1 is 1.33 bits per heavy atom. The van der Waals surface area contributed by atoms with E-state index in [4.69, 9.17) is 5.84 Å². The van der Waals surface area contributed by atoms with Crippen LogP contribution in [0.5, 0.6) is 0 Å². The van der Waals surface area contributed by atoms with Gasteiger partial charge in [-0.2, -0.15) is 11.8 Å². The Balaban J connectivity index is 2.22. The number of rotatable bonds is 5. The van der Waals surface area contributed by atoms with Crippen molar-refractivity contribution in [1.82, 2.24) is 10.4 Å². The van der Waals surface area contributed by atoms with Crippen LogP contribution < -0.4 is 11.3 Å². The second-order valence-electron chi connectivity index (χ2n) is 4.56. The Kier molecular flexibility index (Phi) is 4.58. The second kappa shape index (κ2) is 6.18. The maximum Gasteiger partial charge on any atom is 0.0702 e. The fourth-order valence-electron chi connectivity index (χ4n) is 1.84. The summed E-state index contributed by atoms with van der Waals surface area (Å²) in [5, 5.41) is 1.77. The van der Waals surface area contributed by atoms with Crippen LogP contribution in [0.1, 0.15) is 25.5 Å². The number of thioether (sulfide) groups is 1. The lowest BCUT2D eigenvalue weighted by atomic mass is 10.1. The molecule has 3 nitrogen and oxygen atoms in total. The molecule has 1 atom stereocenters. The van der Waals surface area contributed by atoms with Crippen LogP contribution in [0.25, 0.3) is 10.9 Å². The summed E-state index contributed by atoms with van der Waals surface area (Å²) in [6.07, 6.45) is 1.81. The van der Waals surface area contributed by atoms with Gasteiger partial charge in [-0.3, -0.25) is 16.3 Å². The summed E-state index contributed by atoms with van der Waals surface area (Å²) in [5.74, 6) is 6.63. The van der Waals surface area contributed by atoms with Gasteiger partial charge in [-0.15, -0.1) is 0 Å². The van der Waals surface area contributed by atoms with Crippen molar-refractivity contribution in [3.05, 3.63) is 42.1 Å². The molecular formula is C14H19N3S. The third-order valence-corrected chi connectivity index (χ3v) is 4.02. The number of nitrogens with zero attached hydrogens (tertiary/aromatic N) is 1. The minimum Gasteiger partial charge on any atom is -0.271 e. The van der Waals surface area contributed by atoms with Crippen LogP contribution in [0, 0.1) is 0 Å². The first-order valence-electron chi connectivity index (χ1n) is 6.13. The van der Waals surface area contributed by atoms with E-state index in [-0.39, 0.29) is 6.04 Å². The second-order valence-corrected chi connectivity index (χ2v) is 6.17. The maximum absolute atomic E-state index is 5.66. The van der Waals surface area contributed by atoms with Gasteiger partial charge < -0.3 is 0 Å². The lowest BCUT2D eigenvalue weighted by molar-refractivity contribution is 0.611. The summed E-state index contributed by atoms with van der Waals surface area (Å²) in [6, 6.07) is 10.5. The zero-order valence-corrected chi connectivity index (χ0v) is 11.6. The SMILES string of the molecule is CC(C)SCC(NN)c1ccc2ncccc2c1. The van der Waals surface area contributed by atoms with Gasteiger partial charge in [-0.05, 0) is 29.0 Å². The van der Waals surface area contributed by atoms with Crippen LogP contribution in [-0.2, 0) is 0 Å². The summed E-state index contributed by atoms with van der Waals surface area (Å²) < 4.78 is 0. The monoisotopic (exact) mass is 261 g/mol. The van der Waals surface area contributed by atoms with Crippen molar-refractivity contribution in [1.29, 1.82) is 0 Å². The van der Waals surface area contributed by atoms with E-state index in [2.05, 4.69) is 48.5 Å². The molecule has 0 aliphatic rings. The molecule has 2 rings (SSSR count). The van der Waals surface area contributed by atoms with Gasteiger partial charge in [0.2, 0.25) is 0 Å². The average molecular weight is 261 g/mol. The highest BCUT2D eigenvalue weighted by Crippen LogP contribution is 2.23. The Morgan fingerprint density at radius 3 is 2.89 bits per heavy atom. The van der Waals surface area contributed by atoms with Crippen LogP contribution in [0.3, 0.4) is 0 Å². The molecule has 0 fully saturated rings. The number of hydrogen-bond acceptors (Lipinski definition) is 4. The number of nitrogens with two attached hydrogens (primary N) is 1. The zero-order chi connectivity index (χ0) is 13.0. The van der Waals surface area contributed by atoms with Gasteiger partial charge >= 0.3 is 0 Å². The largest absolute Gasteiger partial charge is 0.271 e. The van der Waals surface area contributed by atoms with E-state index in [9.17, 15) is 0 Å². The third kappa shape index (κ3) is 3.22. The maximum atomic E-state index is 5.66. The molecule has 1 aromatic heterocycles. The van der Waals surface area contributed by atoms with Crippen LogP contribution in [0.4, 0.5) is 0 Å². The number of benzene rings is 1. The summed E-state index contributed by atoms with van der Waals surface area (Å²) >= 11 is 1.91. The predicted molar refractivity (Wildman–Crippen MR) is 79.4 cm³/mol. The van der Waals surface area contributed by atoms with Gasteiger partial charge in [-0.25, -0.2) is 0 Å². The highest BCUT2D eigenvalue weighted by Gasteiger charge is 2.11. The van der Waals surface area contributed by atoms with Crippen molar-refractivity contribution >= 4 is 22.7 Å². The molecule has 3 N–H and O–H groups in total. The van der Waals surface area contributed by atoms with E-state index in [1.807, 2.05) is 24.0 Å². The van der Waals surface area contributed by atoms with Crippen LogP contribution in [0.2, 0.25) is 0 Å². The first-order valence-corrected chi connectivity index (χ1v) is 7.18. The van der Waals surface area contributed by atoms with Crippen molar-refractivity contribution < 1.29 is 0 Å². The van der Waals surface area contributed by atoms with E-state index < -0.39 is 0 Å². The normalized spacial score (nSPS) is 13.1.